The average Bonchev–Trinajstić information content (AvgIpc) is 3.30. The summed E-state index contributed by atoms with van der Waals surface area (Å²) in [5.74, 6) is 0. The van der Waals surface area contributed by atoms with Gasteiger partial charge in [-0.3, -0.25) is 9.36 Å². The smallest absolute Gasteiger partial charge is 0.152 e. The first-order valence-electron chi connectivity index (χ1n) is 8.43. The van der Waals surface area contributed by atoms with E-state index in [1.165, 1.54) is 0 Å². The Morgan fingerprint density at radius 3 is 2.48 bits per heavy atom. The van der Waals surface area contributed by atoms with E-state index in [0.29, 0.717) is 0 Å². The van der Waals surface area contributed by atoms with Crippen molar-refractivity contribution in [3.8, 4) is 11.3 Å². The molecule has 0 fully saturated rings. The molecule has 0 amide bonds. The highest BCUT2D eigenvalue weighted by atomic mass is 16.6. The van der Waals surface area contributed by atoms with E-state index in [1.54, 1.807) is 0 Å². The molecule has 0 saturated carbocycles. The van der Waals surface area contributed by atoms with Gasteiger partial charge in [-0.1, -0.05) is 29.4 Å². The van der Waals surface area contributed by atoms with Crippen molar-refractivity contribution in [2.45, 2.75) is 32.9 Å². The molecule has 1 atom stereocenters. The highest BCUT2D eigenvalue weighted by Gasteiger charge is 2.23. The predicted octanol–water partition coefficient (Wildman–Crippen LogP) is 3.09. The standard InChI is InChI=1S/C19H21N5O/c1-13-10-14(2)24(20-13)12-17-11-19(22-25-17)16-6-4-15(5-7-16)18-8-9-23(3)21-18/h4-10,17H,11-12H2,1-3H3/t17-/m0/s1. The molecule has 128 valence electrons. The van der Waals surface area contributed by atoms with Gasteiger partial charge in [-0.05, 0) is 31.5 Å². The van der Waals surface area contributed by atoms with Crippen molar-refractivity contribution in [3.63, 3.8) is 0 Å². The minimum atomic E-state index is 0.0310. The molecule has 3 heterocycles. The molecular formula is C19H21N5O. The first-order chi connectivity index (χ1) is 12.1. The van der Waals surface area contributed by atoms with Crippen LogP contribution in [-0.4, -0.2) is 31.4 Å². The predicted molar refractivity (Wildman–Crippen MR) is 96.4 cm³/mol. The summed E-state index contributed by atoms with van der Waals surface area (Å²) in [6.45, 7) is 4.79. The summed E-state index contributed by atoms with van der Waals surface area (Å²) in [5.41, 5.74) is 6.33. The van der Waals surface area contributed by atoms with Gasteiger partial charge in [0.1, 0.15) is 0 Å². The molecule has 0 N–H and O–H groups in total. The zero-order chi connectivity index (χ0) is 17.4. The van der Waals surface area contributed by atoms with Crippen molar-refractivity contribution in [3.05, 3.63) is 59.5 Å². The summed E-state index contributed by atoms with van der Waals surface area (Å²) in [6.07, 6.45) is 2.77. The number of aryl methyl sites for hydroxylation is 3. The lowest BCUT2D eigenvalue weighted by Crippen LogP contribution is -2.18. The van der Waals surface area contributed by atoms with Crippen LogP contribution >= 0.6 is 0 Å². The Morgan fingerprint density at radius 1 is 1.08 bits per heavy atom. The summed E-state index contributed by atoms with van der Waals surface area (Å²) < 4.78 is 3.80. The summed E-state index contributed by atoms with van der Waals surface area (Å²) in [4.78, 5) is 5.62. The maximum atomic E-state index is 5.62. The Bertz CT molecular complexity index is 920. The number of hydrogen-bond acceptors (Lipinski definition) is 4. The van der Waals surface area contributed by atoms with E-state index in [9.17, 15) is 0 Å². The molecule has 0 unspecified atom stereocenters. The number of nitrogens with zero attached hydrogens (tertiary/aromatic N) is 5. The van der Waals surface area contributed by atoms with Crippen LogP contribution in [0.3, 0.4) is 0 Å². The second kappa shape index (κ2) is 6.20. The fourth-order valence-electron chi connectivity index (χ4n) is 3.15. The first kappa shape index (κ1) is 15.6. The van der Waals surface area contributed by atoms with Crippen LogP contribution < -0.4 is 0 Å². The minimum absolute atomic E-state index is 0.0310. The van der Waals surface area contributed by atoms with Crippen LogP contribution in [0.25, 0.3) is 11.3 Å². The summed E-state index contributed by atoms with van der Waals surface area (Å²) in [6, 6.07) is 12.4. The Hall–Kier alpha value is -2.89. The van der Waals surface area contributed by atoms with Crippen LogP contribution in [0.1, 0.15) is 23.4 Å². The van der Waals surface area contributed by atoms with Crippen LogP contribution in [0.2, 0.25) is 0 Å². The largest absolute Gasteiger partial charge is 0.390 e. The van der Waals surface area contributed by atoms with E-state index in [1.807, 2.05) is 35.6 Å². The molecule has 25 heavy (non-hydrogen) atoms. The molecule has 1 aliphatic rings. The molecule has 0 radical (unpaired) electrons. The molecule has 6 heteroatoms. The third-order valence-corrected chi connectivity index (χ3v) is 4.44. The third-order valence-electron chi connectivity index (χ3n) is 4.44. The summed E-state index contributed by atoms with van der Waals surface area (Å²) in [5, 5.41) is 13.2. The van der Waals surface area contributed by atoms with Gasteiger partial charge in [-0.2, -0.15) is 10.2 Å². The molecule has 2 aromatic heterocycles. The van der Waals surface area contributed by atoms with E-state index >= 15 is 0 Å². The van der Waals surface area contributed by atoms with E-state index in [-0.39, 0.29) is 6.10 Å². The van der Waals surface area contributed by atoms with E-state index < -0.39 is 0 Å². The van der Waals surface area contributed by atoms with Gasteiger partial charge >= 0.3 is 0 Å². The number of rotatable bonds is 4. The summed E-state index contributed by atoms with van der Waals surface area (Å²) in [7, 11) is 1.92. The average molecular weight is 335 g/mol. The van der Waals surface area contributed by atoms with Gasteiger partial charge in [0, 0.05) is 30.9 Å². The fraction of sp³-hybridized carbons (Fsp3) is 0.316. The quantitative estimate of drug-likeness (QED) is 0.736. The lowest BCUT2D eigenvalue weighted by atomic mass is 10.0. The molecule has 0 bridgehead atoms. The zero-order valence-corrected chi connectivity index (χ0v) is 14.7. The van der Waals surface area contributed by atoms with Gasteiger partial charge in [0.25, 0.3) is 0 Å². The van der Waals surface area contributed by atoms with Crippen LogP contribution in [0.4, 0.5) is 0 Å². The van der Waals surface area contributed by atoms with Gasteiger partial charge in [0.15, 0.2) is 6.10 Å². The Morgan fingerprint density at radius 2 is 1.84 bits per heavy atom. The van der Waals surface area contributed by atoms with Crippen LogP contribution in [-0.2, 0) is 18.4 Å². The normalized spacial score (nSPS) is 16.8. The van der Waals surface area contributed by atoms with Crippen molar-refractivity contribution in [2.24, 2.45) is 12.2 Å². The van der Waals surface area contributed by atoms with E-state index in [0.717, 1.165) is 46.9 Å². The molecule has 0 spiro atoms. The van der Waals surface area contributed by atoms with Crippen molar-refractivity contribution >= 4 is 5.71 Å². The maximum absolute atomic E-state index is 5.62. The highest BCUT2D eigenvalue weighted by Crippen LogP contribution is 2.22. The van der Waals surface area contributed by atoms with E-state index in [4.69, 9.17) is 4.84 Å². The van der Waals surface area contributed by atoms with Gasteiger partial charge in [-0.25, -0.2) is 0 Å². The first-order valence-corrected chi connectivity index (χ1v) is 8.43. The molecular weight excluding hydrogens is 314 g/mol. The highest BCUT2D eigenvalue weighted by molar-refractivity contribution is 6.01. The van der Waals surface area contributed by atoms with Gasteiger partial charge in [-0.15, -0.1) is 0 Å². The maximum Gasteiger partial charge on any atom is 0.152 e. The fourth-order valence-corrected chi connectivity index (χ4v) is 3.15. The molecule has 6 nitrogen and oxygen atoms in total. The van der Waals surface area contributed by atoms with Crippen molar-refractivity contribution < 1.29 is 4.84 Å². The van der Waals surface area contributed by atoms with Crippen molar-refractivity contribution in [2.75, 3.05) is 0 Å². The molecule has 1 aliphatic heterocycles. The van der Waals surface area contributed by atoms with Crippen LogP contribution in [0.15, 0.2) is 47.8 Å². The van der Waals surface area contributed by atoms with Crippen molar-refractivity contribution in [1.82, 2.24) is 19.6 Å². The SMILES string of the molecule is Cc1cc(C)n(C[C@@H]2CC(c3ccc(-c4ccn(C)n4)cc3)=NO2)n1. The molecule has 0 saturated heterocycles. The molecule has 4 rings (SSSR count). The lowest BCUT2D eigenvalue weighted by Gasteiger charge is -2.09. The topological polar surface area (TPSA) is 57.2 Å². The third kappa shape index (κ3) is 3.20. The van der Waals surface area contributed by atoms with Gasteiger partial charge in [0.05, 0.1) is 23.6 Å². The van der Waals surface area contributed by atoms with Crippen molar-refractivity contribution in [1.29, 1.82) is 0 Å². The van der Waals surface area contributed by atoms with Crippen LogP contribution in [0, 0.1) is 13.8 Å². The Kier molecular flexibility index (Phi) is 3.87. The second-order valence-corrected chi connectivity index (χ2v) is 6.53. The number of benzene rings is 1. The minimum Gasteiger partial charge on any atom is -0.390 e. The number of hydrogen-bond donors (Lipinski definition) is 0. The number of aromatic nitrogens is 4. The zero-order valence-electron chi connectivity index (χ0n) is 14.7. The van der Waals surface area contributed by atoms with Gasteiger partial charge in [0.2, 0.25) is 0 Å². The molecule has 3 aromatic rings. The monoisotopic (exact) mass is 335 g/mol. The Labute approximate surface area is 146 Å². The number of oxime groups is 1. The molecule has 1 aromatic carbocycles. The molecule has 0 aliphatic carbocycles. The van der Waals surface area contributed by atoms with Gasteiger partial charge < -0.3 is 4.84 Å². The Balaban J connectivity index is 1.44. The second-order valence-electron chi connectivity index (χ2n) is 6.53. The van der Waals surface area contributed by atoms with Crippen LogP contribution in [0.5, 0.6) is 0 Å². The lowest BCUT2D eigenvalue weighted by molar-refractivity contribution is 0.0692. The van der Waals surface area contributed by atoms with E-state index in [2.05, 4.69) is 52.6 Å². The summed E-state index contributed by atoms with van der Waals surface area (Å²) >= 11 is 0.